The summed E-state index contributed by atoms with van der Waals surface area (Å²) in [6.45, 7) is -0.155. The van der Waals surface area contributed by atoms with E-state index in [1.165, 1.54) is 18.2 Å². The molecule has 0 saturated heterocycles. The smallest absolute Gasteiger partial charge is 0.361 e. The summed E-state index contributed by atoms with van der Waals surface area (Å²) in [7, 11) is 0. The molecule has 0 aromatic heterocycles. The summed E-state index contributed by atoms with van der Waals surface area (Å²) < 4.78 is 49.5. The fourth-order valence-corrected chi connectivity index (χ4v) is 3.56. The van der Waals surface area contributed by atoms with Gasteiger partial charge in [-0.15, -0.1) is 0 Å². The zero-order valence-corrected chi connectivity index (χ0v) is 16.0. The highest BCUT2D eigenvalue weighted by Crippen LogP contribution is 2.50. The van der Waals surface area contributed by atoms with Gasteiger partial charge in [-0.25, -0.2) is 0 Å². The van der Waals surface area contributed by atoms with E-state index in [0.29, 0.717) is 5.56 Å². The Morgan fingerprint density at radius 2 is 1.90 bits per heavy atom. The maximum Gasteiger partial charge on any atom is 0.412 e. The van der Waals surface area contributed by atoms with Gasteiger partial charge in [-0.05, 0) is 36.6 Å². The molecule has 2 aromatic carbocycles. The van der Waals surface area contributed by atoms with Gasteiger partial charge in [-0.2, -0.15) is 13.2 Å². The largest absolute Gasteiger partial charge is 0.412 e. The standard InChI is InChI=1S/C22H17ClF3NO2/c23-16-8-9-18-17(12-16)21(22(24,25)26,11-10-14-6-7-14)19(20(28)27-18)29-13-15-4-2-1-3-5-15/h1-5,8-9,12,14,19H,6-7,13H2,(H,27,28)/t19-,21+/m0/s1. The summed E-state index contributed by atoms with van der Waals surface area (Å²) in [6.07, 6.45) is -5.20. The molecule has 1 heterocycles. The predicted octanol–water partition coefficient (Wildman–Crippen LogP) is 5.09. The fraction of sp³-hybridized carbons (Fsp3) is 0.318. The second-order valence-electron chi connectivity index (χ2n) is 7.21. The van der Waals surface area contributed by atoms with E-state index >= 15 is 0 Å². The Hall–Kier alpha value is -2.49. The molecule has 2 aliphatic rings. The zero-order chi connectivity index (χ0) is 20.6. The summed E-state index contributed by atoms with van der Waals surface area (Å²) in [4.78, 5) is 12.7. The summed E-state index contributed by atoms with van der Waals surface area (Å²) >= 11 is 6.02. The number of hydrogen-bond donors (Lipinski definition) is 1. The Balaban J connectivity index is 1.84. The first-order valence-electron chi connectivity index (χ1n) is 9.17. The van der Waals surface area contributed by atoms with Crippen molar-refractivity contribution in [2.75, 3.05) is 5.32 Å². The number of alkyl halides is 3. The van der Waals surface area contributed by atoms with Gasteiger partial charge in [-0.3, -0.25) is 4.79 Å². The van der Waals surface area contributed by atoms with Crippen LogP contribution in [0.3, 0.4) is 0 Å². The molecule has 0 radical (unpaired) electrons. The molecule has 0 spiro atoms. The molecule has 1 aliphatic heterocycles. The normalized spacial score (nSPS) is 23.6. The second-order valence-corrected chi connectivity index (χ2v) is 7.64. The van der Waals surface area contributed by atoms with E-state index < -0.39 is 23.6 Å². The van der Waals surface area contributed by atoms with E-state index in [2.05, 4.69) is 17.2 Å². The number of ether oxygens (including phenoxy) is 1. The lowest BCUT2D eigenvalue weighted by atomic mass is 9.71. The molecule has 1 N–H and O–H groups in total. The van der Waals surface area contributed by atoms with E-state index in [9.17, 15) is 18.0 Å². The third kappa shape index (κ3) is 3.73. The lowest BCUT2D eigenvalue weighted by Gasteiger charge is -2.41. The topological polar surface area (TPSA) is 38.3 Å². The molecule has 1 aliphatic carbocycles. The maximum atomic E-state index is 14.6. The summed E-state index contributed by atoms with van der Waals surface area (Å²) in [5, 5.41) is 2.64. The van der Waals surface area contributed by atoms with Crippen LogP contribution >= 0.6 is 11.6 Å². The van der Waals surface area contributed by atoms with Crippen LogP contribution in [0.15, 0.2) is 48.5 Å². The zero-order valence-electron chi connectivity index (χ0n) is 15.2. The molecule has 7 heteroatoms. The van der Waals surface area contributed by atoms with Crippen molar-refractivity contribution in [1.29, 1.82) is 0 Å². The average Bonchev–Trinajstić information content (AvgIpc) is 3.50. The number of nitrogens with one attached hydrogen (secondary N) is 1. The van der Waals surface area contributed by atoms with Gasteiger partial charge in [0.15, 0.2) is 11.5 Å². The van der Waals surface area contributed by atoms with Crippen molar-refractivity contribution in [3.05, 3.63) is 64.7 Å². The van der Waals surface area contributed by atoms with Crippen LogP contribution in [0.5, 0.6) is 0 Å². The molecule has 29 heavy (non-hydrogen) atoms. The number of anilines is 1. The molecule has 2 aromatic rings. The Morgan fingerprint density at radius 1 is 1.17 bits per heavy atom. The lowest BCUT2D eigenvalue weighted by Crippen LogP contribution is -2.59. The average molecular weight is 420 g/mol. The molecule has 2 atom stereocenters. The minimum Gasteiger partial charge on any atom is -0.361 e. The number of carbonyl (C=O) groups is 1. The van der Waals surface area contributed by atoms with Crippen LogP contribution in [0.2, 0.25) is 5.02 Å². The van der Waals surface area contributed by atoms with Gasteiger partial charge in [0, 0.05) is 22.2 Å². The molecule has 1 fully saturated rings. The van der Waals surface area contributed by atoms with Crippen LogP contribution in [0.4, 0.5) is 18.9 Å². The van der Waals surface area contributed by atoms with E-state index in [1.807, 2.05) is 0 Å². The van der Waals surface area contributed by atoms with Crippen molar-refractivity contribution in [3.8, 4) is 11.8 Å². The van der Waals surface area contributed by atoms with E-state index in [4.69, 9.17) is 16.3 Å². The molecule has 150 valence electrons. The monoisotopic (exact) mass is 419 g/mol. The Bertz CT molecular complexity index is 993. The second kappa shape index (κ2) is 7.40. The summed E-state index contributed by atoms with van der Waals surface area (Å²) in [5.41, 5.74) is -2.29. The van der Waals surface area contributed by atoms with Crippen molar-refractivity contribution in [2.45, 2.75) is 37.1 Å². The summed E-state index contributed by atoms with van der Waals surface area (Å²) in [5.74, 6) is 4.16. The van der Waals surface area contributed by atoms with Crippen LogP contribution in [0, 0.1) is 17.8 Å². The lowest BCUT2D eigenvalue weighted by molar-refractivity contribution is -0.208. The van der Waals surface area contributed by atoms with E-state index in [1.54, 1.807) is 30.3 Å². The number of fused-ring (bicyclic) bond motifs is 1. The first-order chi connectivity index (χ1) is 13.8. The third-order valence-corrected chi connectivity index (χ3v) is 5.29. The first kappa shape index (κ1) is 19.8. The van der Waals surface area contributed by atoms with Crippen molar-refractivity contribution < 1.29 is 22.7 Å². The molecular weight excluding hydrogens is 403 g/mol. The predicted molar refractivity (Wildman–Crippen MR) is 103 cm³/mol. The van der Waals surface area contributed by atoms with Gasteiger partial charge < -0.3 is 10.1 Å². The minimum atomic E-state index is -4.85. The van der Waals surface area contributed by atoms with E-state index in [-0.39, 0.29) is 28.8 Å². The van der Waals surface area contributed by atoms with Crippen LogP contribution in [-0.4, -0.2) is 18.2 Å². The van der Waals surface area contributed by atoms with E-state index in [0.717, 1.165) is 12.8 Å². The number of rotatable bonds is 3. The summed E-state index contributed by atoms with van der Waals surface area (Å²) in [6, 6.07) is 12.7. The highest BCUT2D eigenvalue weighted by atomic mass is 35.5. The third-order valence-electron chi connectivity index (χ3n) is 5.05. The molecule has 4 rings (SSSR count). The Labute approximate surface area is 171 Å². The quantitative estimate of drug-likeness (QED) is 0.704. The number of halogens is 4. The molecule has 0 bridgehead atoms. The van der Waals surface area contributed by atoms with Crippen molar-refractivity contribution in [2.24, 2.45) is 5.92 Å². The van der Waals surface area contributed by atoms with Gasteiger partial charge in [0.25, 0.3) is 5.91 Å². The van der Waals surface area contributed by atoms with Crippen molar-refractivity contribution >= 4 is 23.2 Å². The first-order valence-corrected chi connectivity index (χ1v) is 9.55. The van der Waals surface area contributed by atoms with Gasteiger partial charge in [-0.1, -0.05) is 53.8 Å². The van der Waals surface area contributed by atoms with Crippen LogP contribution in [0.25, 0.3) is 0 Å². The van der Waals surface area contributed by atoms with Gasteiger partial charge in [0.05, 0.1) is 6.61 Å². The fourth-order valence-electron chi connectivity index (χ4n) is 3.39. The number of amides is 1. The highest BCUT2D eigenvalue weighted by Gasteiger charge is 2.65. The van der Waals surface area contributed by atoms with Gasteiger partial charge >= 0.3 is 6.18 Å². The van der Waals surface area contributed by atoms with Crippen LogP contribution in [-0.2, 0) is 21.6 Å². The maximum absolute atomic E-state index is 14.6. The highest BCUT2D eigenvalue weighted by molar-refractivity contribution is 6.30. The Kier molecular flexibility index (Phi) is 5.05. The van der Waals surface area contributed by atoms with Gasteiger partial charge in [0.1, 0.15) is 0 Å². The molecule has 3 nitrogen and oxygen atoms in total. The molecular formula is C22H17ClF3NO2. The van der Waals surface area contributed by atoms with Crippen molar-refractivity contribution in [1.82, 2.24) is 0 Å². The Morgan fingerprint density at radius 3 is 2.55 bits per heavy atom. The molecule has 1 saturated carbocycles. The minimum absolute atomic E-state index is 0.0429. The number of hydrogen-bond acceptors (Lipinski definition) is 2. The van der Waals surface area contributed by atoms with Gasteiger partial charge in [0.2, 0.25) is 0 Å². The molecule has 0 unspecified atom stereocenters. The van der Waals surface area contributed by atoms with Crippen LogP contribution in [0.1, 0.15) is 24.0 Å². The van der Waals surface area contributed by atoms with Crippen LogP contribution < -0.4 is 5.32 Å². The molecule has 1 amide bonds. The number of benzene rings is 2. The van der Waals surface area contributed by atoms with Crippen molar-refractivity contribution in [3.63, 3.8) is 0 Å². The number of carbonyl (C=O) groups excluding carboxylic acids is 1. The SMILES string of the molecule is O=C1Nc2ccc(Cl)cc2[C@@](C#CC2CC2)(C(F)(F)F)[C@H]1OCc1ccccc1.